The molecular formula is C23H21BrCl2N6O3. The summed E-state index contributed by atoms with van der Waals surface area (Å²) in [5.74, 6) is -0.403. The summed E-state index contributed by atoms with van der Waals surface area (Å²) in [5.41, 5.74) is 2.46. The first-order chi connectivity index (χ1) is 16.6. The number of nitrogens with zero attached hydrogens (tertiary/aromatic N) is 4. The second kappa shape index (κ2) is 10.3. The topological polar surface area (TPSA) is 110 Å². The number of rotatable bonds is 6. The van der Waals surface area contributed by atoms with Crippen LogP contribution < -0.4 is 10.6 Å². The average Bonchev–Trinajstić information content (AvgIpc) is 3.42. The molecule has 2 amide bonds. The Hall–Kier alpha value is -2.95. The molecule has 0 radical (unpaired) electrons. The molecule has 1 aliphatic rings. The third-order valence-electron chi connectivity index (χ3n) is 5.09. The molecule has 9 nitrogen and oxygen atoms in total. The Labute approximate surface area is 220 Å². The van der Waals surface area contributed by atoms with Gasteiger partial charge >= 0.3 is 0 Å². The molecule has 3 aromatic rings. The maximum Gasteiger partial charge on any atom is 0.274 e. The largest absolute Gasteiger partial charge is 0.382 e. The summed E-state index contributed by atoms with van der Waals surface area (Å²) in [4.78, 5) is 35.4. The highest BCUT2D eigenvalue weighted by Gasteiger charge is 2.31. The van der Waals surface area contributed by atoms with Gasteiger partial charge in [-0.3, -0.25) is 9.59 Å². The molecule has 1 aliphatic heterocycles. The molecule has 1 aromatic carbocycles. The van der Waals surface area contributed by atoms with Gasteiger partial charge in [0, 0.05) is 35.3 Å². The number of carbonyl (C=O) groups is 2. The molecule has 0 saturated carbocycles. The summed E-state index contributed by atoms with van der Waals surface area (Å²) < 4.78 is 1.79. The molecule has 182 valence electrons. The molecule has 0 fully saturated rings. The van der Waals surface area contributed by atoms with Crippen molar-refractivity contribution in [3.05, 3.63) is 68.0 Å². The number of pyridine rings is 1. The van der Waals surface area contributed by atoms with Crippen molar-refractivity contribution in [1.29, 1.82) is 0 Å². The van der Waals surface area contributed by atoms with Gasteiger partial charge in [-0.05, 0) is 66.5 Å². The Morgan fingerprint density at radius 2 is 2.03 bits per heavy atom. The summed E-state index contributed by atoms with van der Waals surface area (Å²) in [5, 5.41) is 15.0. The first-order valence-electron chi connectivity index (χ1n) is 10.7. The summed E-state index contributed by atoms with van der Waals surface area (Å²) in [6.45, 7) is 5.54. The van der Waals surface area contributed by atoms with Gasteiger partial charge in [-0.1, -0.05) is 28.4 Å². The van der Waals surface area contributed by atoms with E-state index in [1.165, 1.54) is 4.68 Å². The zero-order valence-electron chi connectivity index (χ0n) is 19.0. The third-order valence-corrected chi connectivity index (χ3v) is 5.99. The van der Waals surface area contributed by atoms with E-state index in [1.54, 1.807) is 36.5 Å². The highest BCUT2D eigenvalue weighted by molar-refractivity contribution is 9.10. The second-order valence-corrected chi connectivity index (χ2v) is 9.83. The molecule has 2 N–H and O–H groups in total. The predicted molar refractivity (Wildman–Crippen MR) is 138 cm³/mol. The first-order valence-corrected chi connectivity index (χ1v) is 12.2. The molecule has 2 aromatic heterocycles. The molecule has 0 aliphatic carbocycles. The van der Waals surface area contributed by atoms with Crippen molar-refractivity contribution >= 4 is 62.3 Å². The summed E-state index contributed by atoms with van der Waals surface area (Å²) >= 11 is 15.9. The van der Waals surface area contributed by atoms with E-state index >= 15 is 0 Å². The van der Waals surface area contributed by atoms with Crippen LogP contribution in [-0.2, 0) is 9.63 Å². The van der Waals surface area contributed by atoms with Crippen molar-refractivity contribution < 1.29 is 14.4 Å². The Kier molecular flexibility index (Phi) is 7.44. The number of nitrogens with one attached hydrogen (secondary N) is 2. The fourth-order valence-corrected chi connectivity index (χ4v) is 4.43. The van der Waals surface area contributed by atoms with Gasteiger partial charge in [0.15, 0.2) is 5.82 Å². The van der Waals surface area contributed by atoms with E-state index in [9.17, 15) is 9.59 Å². The van der Waals surface area contributed by atoms with Crippen LogP contribution in [0.3, 0.4) is 0 Å². The molecular weight excluding hydrogens is 559 g/mol. The van der Waals surface area contributed by atoms with Crippen molar-refractivity contribution in [2.75, 3.05) is 5.32 Å². The zero-order valence-corrected chi connectivity index (χ0v) is 22.1. The third kappa shape index (κ3) is 5.50. The van der Waals surface area contributed by atoms with Gasteiger partial charge in [-0.15, -0.1) is 0 Å². The molecule has 12 heteroatoms. The van der Waals surface area contributed by atoms with Gasteiger partial charge in [0.05, 0.1) is 16.4 Å². The van der Waals surface area contributed by atoms with Crippen LogP contribution in [0, 0.1) is 6.92 Å². The van der Waals surface area contributed by atoms with Gasteiger partial charge < -0.3 is 15.5 Å². The van der Waals surface area contributed by atoms with Crippen molar-refractivity contribution in [3.63, 3.8) is 0 Å². The van der Waals surface area contributed by atoms with Crippen LogP contribution in [0.5, 0.6) is 0 Å². The number of aromatic nitrogens is 3. The minimum absolute atomic E-state index is 0.0322. The van der Waals surface area contributed by atoms with E-state index < -0.39 is 12.0 Å². The van der Waals surface area contributed by atoms with Gasteiger partial charge in [-0.25, -0.2) is 9.67 Å². The maximum atomic E-state index is 13.4. The number of aryl methyl sites for hydroxylation is 1. The van der Waals surface area contributed by atoms with Crippen LogP contribution in [0.2, 0.25) is 10.0 Å². The number of benzene rings is 1. The fourth-order valence-electron chi connectivity index (χ4n) is 3.58. The van der Waals surface area contributed by atoms with E-state index in [-0.39, 0.29) is 24.1 Å². The van der Waals surface area contributed by atoms with E-state index in [0.717, 1.165) is 0 Å². The molecule has 0 bridgehead atoms. The Bertz CT molecular complexity index is 1340. The molecule has 35 heavy (non-hydrogen) atoms. The number of amides is 2. The lowest BCUT2D eigenvalue weighted by Gasteiger charge is -2.15. The molecule has 3 heterocycles. The minimum Gasteiger partial charge on any atom is -0.382 e. The lowest BCUT2D eigenvalue weighted by molar-refractivity contribution is -0.131. The zero-order chi connectivity index (χ0) is 25.3. The molecule has 4 rings (SSSR count). The summed E-state index contributed by atoms with van der Waals surface area (Å²) in [6.07, 6.45) is 1.03. The minimum atomic E-state index is -0.765. The number of oxime groups is 1. The smallest absolute Gasteiger partial charge is 0.274 e. The Balaban J connectivity index is 1.65. The van der Waals surface area contributed by atoms with E-state index in [4.69, 9.17) is 28.0 Å². The maximum absolute atomic E-state index is 13.4. The van der Waals surface area contributed by atoms with Crippen molar-refractivity contribution in [2.24, 2.45) is 5.16 Å². The Morgan fingerprint density at radius 1 is 1.26 bits per heavy atom. The van der Waals surface area contributed by atoms with Gasteiger partial charge in [0.2, 0.25) is 6.10 Å². The number of hydrogen-bond acceptors (Lipinski definition) is 6. The monoisotopic (exact) mass is 578 g/mol. The standard InChI is InChI=1S/C23H21BrCl2N6O3/c1-11(2)28-23(34)18-9-16(31-35-18)14-8-13(25)7-12(3)20(14)29-22(33)17-10-19(24)30-32(17)21-15(26)5-4-6-27-21/h4-8,10-11,18H,9H2,1-3H3,(H,28,34)(H,29,33). The molecule has 0 spiro atoms. The van der Waals surface area contributed by atoms with Gasteiger partial charge in [0.25, 0.3) is 11.8 Å². The molecule has 1 unspecified atom stereocenters. The van der Waals surface area contributed by atoms with Crippen molar-refractivity contribution in [3.8, 4) is 5.82 Å². The van der Waals surface area contributed by atoms with E-state index in [1.807, 2.05) is 20.8 Å². The average molecular weight is 580 g/mol. The fraction of sp³-hybridized carbons (Fsp3) is 0.261. The lowest BCUT2D eigenvalue weighted by atomic mass is 9.99. The van der Waals surface area contributed by atoms with Crippen molar-refractivity contribution in [1.82, 2.24) is 20.1 Å². The van der Waals surface area contributed by atoms with Crippen molar-refractivity contribution in [2.45, 2.75) is 39.3 Å². The lowest BCUT2D eigenvalue weighted by Crippen LogP contribution is -2.38. The van der Waals surface area contributed by atoms with Crippen LogP contribution in [-0.4, -0.2) is 44.4 Å². The Morgan fingerprint density at radius 3 is 2.74 bits per heavy atom. The number of anilines is 1. The second-order valence-electron chi connectivity index (χ2n) is 8.17. The van der Waals surface area contributed by atoms with Crippen LogP contribution in [0.1, 0.15) is 41.9 Å². The van der Waals surface area contributed by atoms with Crippen LogP contribution >= 0.6 is 39.1 Å². The van der Waals surface area contributed by atoms with E-state index in [2.05, 4.69) is 41.8 Å². The van der Waals surface area contributed by atoms with E-state index in [0.29, 0.717) is 43.0 Å². The molecule has 0 saturated heterocycles. The SMILES string of the molecule is Cc1cc(Cl)cc(C2=NOC(C(=O)NC(C)C)C2)c1NC(=O)c1cc(Br)nn1-c1ncccc1Cl. The first kappa shape index (κ1) is 25.2. The summed E-state index contributed by atoms with van der Waals surface area (Å²) in [7, 11) is 0. The number of hydrogen-bond donors (Lipinski definition) is 2. The van der Waals surface area contributed by atoms with Gasteiger partial charge in [0.1, 0.15) is 10.3 Å². The highest BCUT2D eigenvalue weighted by Crippen LogP contribution is 2.31. The van der Waals surface area contributed by atoms with Crippen LogP contribution in [0.4, 0.5) is 5.69 Å². The number of carbonyl (C=O) groups excluding carboxylic acids is 2. The van der Waals surface area contributed by atoms with Crippen LogP contribution in [0.15, 0.2) is 46.3 Å². The van der Waals surface area contributed by atoms with Crippen LogP contribution in [0.25, 0.3) is 5.82 Å². The molecule has 1 atom stereocenters. The van der Waals surface area contributed by atoms with Gasteiger partial charge in [-0.2, -0.15) is 5.10 Å². The number of halogens is 3. The predicted octanol–water partition coefficient (Wildman–Crippen LogP) is 4.91. The summed E-state index contributed by atoms with van der Waals surface area (Å²) in [6, 6.07) is 8.28. The quantitative estimate of drug-likeness (QED) is 0.431. The normalized spacial score (nSPS) is 15.1. The highest BCUT2D eigenvalue weighted by atomic mass is 79.9.